The van der Waals surface area contributed by atoms with Crippen LogP contribution in [0.15, 0.2) is 4.99 Å². The van der Waals surface area contributed by atoms with E-state index in [2.05, 4.69) is 14.5 Å². The lowest BCUT2D eigenvalue weighted by Gasteiger charge is -1.92. The maximum absolute atomic E-state index is 10.2. The Morgan fingerprint density at radius 2 is 2.62 bits per heavy atom. The number of methoxy groups -OCH3 is 1. The summed E-state index contributed by atoms with van der Waals surface area (Å²) in [7, 11) is 1.40. The molecule has 0 radical (unpaired) electrons. The predicted octanol–water partition coefficient (Wildman–Crippen LogP) is -0.454. The highest BCUT2D eigenvalue weighted by Gasteiger charge is 2.15. The summed E-state index contributed by atoms with van der Waals surface area (Å²) in [6, 6.07) is 0. The van der Waals surface area contributed by atoms with Crippen LogP contribution in [0.5, 0.6) is 0 Å². The van der Waals surface area contributed by atoms with Gasteiger partial charge in [0, 0.05) is 0 Å². The van der Waals surface area contributed by atoms with Crippen LogP contribution in [0.4, 0.5) is 0 Å². The van der Waals surface area contributed by atoms with Crippen molar-refractivity contribution in [3.63, 3.8) is 0 Å². The van der Waals surface area contributed by atoms with E-state index in [-0.39, 0.29) is 18.6 Å². The molecule has 0 aliphatic carbocycles. The molecule has 8 heavy (non-hydrogen) atoms. The van der Waals surface area contributed by atoms with Crippen molar-refractivity contribution in [3.8, 4) is 0 Å². The van der Waals surface area contributed by atoms with Crippen molar-refractivity contribution in [1.29, 1.82) is 0 Å². The van der Waals surface area contributed by atoms with E-state index in [1.165, 1.54) is 7.11 Å². The summed E-state index contributed by atoms with van der Waals surface area (Å²) in [5.41, 5.74) is 0. The number of aliphatic imine (C=N–C) groups is 1. The Kier molecular flexibility index (Phi) is 1.15. The molecule has 1 aliphatic heterocycles. The van der Waals surface area contributed by atoms with Crippen LogP contribution in [0.25, 0.3) is 0 Å². The Balaban J connectivity index is 2.49. The minimum atomic E-state index is -0.359. The first-order valence-corrected chi connectivity index (χ1v) is 2.12. The molecule has 0 spiro atoms. The summed E-state index contributed by atoms with van der Waals surface area (Å²) in [4.78, 5) is 13.8. The maximum Gasteiger partial charge on any atom is 0.391 e. The fourth-order valence-corrected chi connectivity index (χ4v) is 0.397. The van der Waals surface area contributed by atoms with Crippen LogP contribution in [0.3, 0.4) is 0 Å². The van der Waals surface area contributed by atoms with Gasteiger partial charge in [-0.2, -0.15) is 0 Å². The van der Waals surface area contributed by atoms with Crippen molar-refractivity contribution >= 4 is 12.1 Å². The quantitative estimate of drug-likeness (QED) is 0.401. The van der Waals surface area contributed by atoms with Crippen molar-refractivity contribution in [2.75, 3.05) is 13.7 Å². The summed E-state index contributed by atoms with van der Waals surface area (Å²) in [6.45, 7) is 0.0865. The molecule has 0 bridgehead atoms. The van der Waals surface area contributed by atoms with Gasteiger partial charge in [0.05, 0.1) is 7.11 Å². The molecular weight excluding hydrogens is 110 g/mol. The lowest BCUT2D eigenvalue weighted by atomic mass is 10.7. The van der Waals surface area contributed by atoms with Gasteiger partial charge in [-0.1, -0.05) is 0 Å². The van der Waals surface area contributed by atoms with E-state index in [1.54, 1.807) is 0 Å². The number of cyclic esters (lactones) is 1. The van der Waals surface area contributed by atoms with Gasteiger partial charge in [-0.15, -0.1) is 0 Å². The van der Waals surface area contributed by atoms with Crippen LogP contribution < -0.4 is 0 Å². The molecule has 1 rings (SSSR count). The molecule has 4 nitrogen and oxygen atoms in total. The average Bonchev–Trinajstić information content (AvgIpc) is 2.14. The molecular formula is C4H5NO3. The monoisotopic (exact) mass is 115 g/mol. The van der Waals surface area contributed by atoms with Gasteiger partial charge in [0.15, 0.2) is 0 Å². The molecule has 1 heterocycles. The lowest BCUT2D eigenvalue weighted by molar-refractivity contribution is -0.133. The molecule has 0 aromatic rings. The zero-order chi connectivity index (χ0) is 5.98. The standard InChI is InChI=1S/C4H5NO3/c1-7-4-5-2-3(6)8-4/h2H2,1H3. The molecule has 0 aromatic heterocycles. The zero-order valence-electron chi connectivity index (χ0n) is 4.38. The highest BCUT2D eigenvalue weighted by Crippen LogP contribution is 1.94. The van der Waals surface area contributed by atoms with Crippen LogP contribution in [-0.4, -0.2) is 25.7 Å². The van der Waals surface area contributed by atoms with E-state index >= 15 is 0 Å². The van der Waals surface area contributed by atoms with Gasteiger partial charge >= 0.3 is 12.1 Å². The number of rotatable bonds is 0. The third-order valence-electron chi connectivity index (χ3n) is 0.713. The van der Waals surface area contributed by atoms with E-state index < -0.39 is 0 Å². The second kappa shape index (κ2) is 1.81. The first kappa shape index (κ1) is 5.08. The predicted molar refractivity (Wildman–Crippen MR) is 25.4 cm³/mol. The third-order valence-corrected chi connectivity index (χ3v) is 0.713. The molecule has 0 atom stereocenters. The van der Waals surface area contributed by atoms with Crippen molar-refractivity contribution in [2.24, 2.45) is 4.99 Å². The van der Waals surface area contributed by atoms with Gasteiger partial charge in [-0.05, 0) is 0 Å². The maximum atomic E-state index is 10.2. The summed E-state index contributed by atoms with van der Waals surface area (Å²) in [5.74, 6) is -0.359. The average molecular weight is 115 g/mol. The van der Waals surface area contributed by atoms with Crippen molar-refractivity contribution in [2.45, 2.75) is 0 Å². The largest absolute Gasteiger partial charge is 0.454 e. The molecule has 0 amide bonds. The first-order valence-electron chi connectivity index (χ1n) is 2.12. The number of carbonyl (C=O) groups excluding carboxylic acids is 1. The second-order valence-corrected chi connectivity index (χ2v) is 1.26. The Hall–Kier alpha value is -1.06. The zero-order valence-corrected chi connectivity index (χ0v) is 4.38. The fraction of sp³-hybridized carbons (Fsp3) is 0.500. The number of hydrogen-bond donors (Lipinski definition) is 0. The number of esters is 1. The third kappa shape index (κ3) is 0.776. The molecule has 0 unspecified atom stereocenters. The van der Waals surface area contributed by atoms with Gasteiger partial charge in [-0.3, -0.25) is 0 Å². The van der Waals surface area contributed by atoms with Crippen LogP contribution >= 0.6 is 0 Å². The highest BCUT2D eigenvalue weighted by molar-refractivity contribution is 5.90. The lowest BCUT2D eigenvalue weighted by Crippen LogP contribution is -2.05. The van der Waals surface area contributed by atoms with Gasteiger partial charge in [0.25, 0.3) is 0 Å². The van der Waals surface area contributed by atoms with E-state index in [1.807, 2.05) is 0 Å². The minimum Gasteiger partial charge on any atom is -0.454 e. The fourth-order valence-electron chi connectivity index (χ4n) is 0.397. The van der Waals surface area contributed by atoms with E-state index in [0.717, 1.165) is 0 Å². The summed E-state index contributed by atoms with van der Waals surface area (Å²) in [6.07, 6.45) is 0.0648. The molecule has 4 heteroatoms. The van der Waals surface area contributed by atoms with Crippen molar-refractivity contribution < 1.29 is 14.3 Å². The SMILES string of the molecule is COC1=NCC(=O)O1. The molecule has 0 aromatic carbocycles. The van der Waals surface area contributed by atoms with Gasteiger partial charge in [0.2, 0.25) is 0 Å². The first-order chi connectivity index (χ1) is 3.83. The van der Waals surface area contributed by atoms with Crippen LogP contribution in [-0.2, 0) is 14.3 Å². The Morgan fingerprint density at radius 3 is 2.88 bits per heavy atom. The number of hydrogen-bond acceptors (Lipinski definition) is 4. The van der Waals surface area contributed by atoms with Gasteiger partial charge in [-0.25, -0.2) is 9.79 Å². The van der Waals surface area contributed by atoms with Gasteiger partial charge < -0.3 is 9.47 Å². The van der Waals surface area contributed by atoms with E-state index in [4.69, 9.17) is 0 Å². The molecule has 0 fully saturated rings. The molecule has 0 saturated carbocycles. The molecule has 1 aliphatic rings. The second-order valence-electron chi connectivity index (χ2n) is 1.26. The summed E-state index contributed by atoms with van der Waals surface area (Å²) >= 11 is 0. The molecule has 0 saturated heterocycles. The van der Waals surface area contributed by atoms with Crippen LogP contribution in [0, 0.1) is 0 Å². The highest BCUT2D eigenvalue weighted by atomic mass is 16.7. The Morgan fingerprint density at radius 1 is 1.88 bits per heavy atom. The van der Waals surface area contributed by atoms with Crippen molar-refractivity contribution in [1.82, 2.24) is 0 Å². The normalized spacial score (nSPS) is 17.6. The molecule has 44 valence electrons. The number of nitrogens with zero attached hydrogens (tertiary/aromatic N) is 1. The van der Waals surface area contributed by atoms with Crippen LogP contribution in [0.2, 0.25) is 0 Å². The summed E-state index contributed by atoms with van der Waals surface area (Å²) in [5, 5.41) is 0. The number of ether oxygens (including phenoxy) is 2. The van der Waals surface area contributed by atoms with E-state index in [0.29, 0.717) is 0 Å². The van der Waals surface area contributed by atoms with Crippen LogP contribution in [0.1, 0.15) is 0 Å². The van der Waals surface area contributed by atoms with Crippen molar-refractivity contribution in [3.05, 3.63) is 0 Å². The smallest absolute Gasteiger partial charge is 0.391 e. The Bertz CT molecular complexity index is 140. The minimum absolute atomic E-state index is 0.0648. The topological polar surface area (TPSA) is 47.9 Å². The summed E-state index contributed by atoms with van der Waals surface area (Å²) < 4.78 is 8.89. The Labute approximate surface area is 46.1 Å². The number of carbonyl (C=O) groups is 1. The van der Waals surface area contributed by atoms with Gasteiger partial charge in [0.1, 0.15) is 6.54 Å². The van der Waals surface area contributed by atoms with E-state index in [9.17, 15) is 4.79 Å². The molecule has 0 N–H and O–H groups in total.